The summed E-state index contributed by atoms with van der Waals surface area (Å²) in [6, 6.07) is 25.6. The van der Waals surface area contributed by atoms with Gasteiger partial charge in [-0.25, -0.2) is 0 Å². The molecule has 0 atom stereocenters. The van der Waals surface area contributed by atoms with E-state index in [1.807, 2.05) is 85.8 Å². The summed E-state index contributed by atoms with van der Waals surface area (Å²) in [5, 5.41) is 4.97. The minimum atomic E-state index is -0.177. The molecule has 5 aromatic rings. The number of amides is 1. The molecule has 1 amide bonds. The number of benzene rings is 3. The SMILES string of the molecule is Cc1cc2c(NC(=O)c3cc4ccc(OCc5ccccc5)cc4[nH]3)cccc2[nH]1. The first-order valence-corrected chi connectivity index (χ1v) is 9.85. The second-order valence-electron chi connectivity index (χ2n) is 7.38. The summed E-state index contributed by atoms with van der Waals surface area (Å²) in [5.41, 5.74) is 5.32. The van der Waals surface area contributed by atoms with Gasteiger partial charge >= 0.3 is 0 Å². The molecule has 0 radical (unpaired) electrons. The monoisotopic (exact) mass is 395 g/mol. The van der Waals surface area contributed by atoms with Gasteiger partial charge in [-0.1, -0.05) is 36.4 Å². The number of anilines is 1. The number of ether oxygens (including phenoxy) is 1. The van der Waals surface area contributed by atoms with E-state index < -0.39 is 0 Å². The Labute approximate surface area is 173 Å². The molecule has 2 heterocycles. The Bertz CT molecular complexity index is 1350. The zero-order valence-corrected chi connectivity index (χ0v) is 16.5. The molecule has 5 heteroatoms. The summed E-state index contributed by atoms with van der Waals surface area (Å²) < 4.78 is 5.89. The van der Waals surface area contributed by atoms with Crippen molar-refractivity contribution in [3.05, 3.63) is 95.8 Å². The van der Waals surface area contributed by atoms with Gasteiger partial charge in [0.15, 0.2) is 0 Å². The van der Waals surface area contributed by atoms with Gasteiger partial charge in [0.2, 0.25) is 0 Å². The number of aromatic amines is 2. The normalized spacial score (nSPS) is 11.1. The Balaban J connectivity index is 1.35. The van der Waals surface area contributed by atoms with Crippen LogP contribution in [0.5, 0.6) is 5.75 Å². The molecule has 5 rings (SSSR count). The summed E-state index contributed by atoms with van der Waals surface area (Å²) in [4.78, 5) is 19.3. The van der Waals surface area contributed by atoms with Crippen molar-refractivity contribution in [1.82, 2.24) is 9.97 Å². The number of H-pyrrole nitrogens is 2. The van der Waals surface area contributed by atoms with Gasteiger partial charge in [0.1, 0.15) is 18.1 Å². The van der Waals surface area contributed by atoms with E-state index in [0.29, 0.717) is 12.3 Å². The quantitative estimate of drug-likeness (QED) is 0.353. The highest BCUT2D eigenvalue weighted by atomic mass is 16.5. The fraction of sp³-hybridized carbons (Fsp3) is 0.0800. The van der Waals surface area contributed by atoms with E-state index in [0.717, 1.165) is 44.5 Å². The van der Waals surface area contributed by atoms with Crippen LogP contribution in [-0.4, -0.2) is 15.9 Å². The summed E-state index contributed by atoms with van der Waals surface area (Å²) in [6.07, 6.45) is 0. The van der Waals surface area contributed by atoms with Crippen LogP contribution in [-0.2, 0) is 6.61 Å². The molecule has 0 aliphatic carbocycles. The maximum atomic E-state index is 12.8. The van der Waals surface area contributed by atoms with Crippen molar-refractivity contribution in [3.63, 3.8) is 0 Å². The number of aryl methyl sites for hydroxylation is 1. The molecule has 0 unspecified atom stereocenters. The molecule has 0 saturated carbocycles. The average Bonchev–Trinajstić information content (AvgIpc) is 3.36. The lowest BCUT2D eigenvalue weighted by molar-refractivity contribution is 0.102. The number of fused-ring (bicyclic) bond motifs is 2. The Morgan fingerprint density at radius 1 is 0.900 bits per heavy atom. The van der Waals surface area contributed by atoms with Crippen LogP contribution in [0.1, 0.15) is 21.7 Å². The van der Waals surface area contributed by atoms with Crippen LogP contribution in [0.25, 0.3) is 21.8 Å². The van der Waals surface area contributed by atoms with Crippen molar-refractivity contribution in [2.75, 3.05) is 5.32 Å². The van der Waals surface area contributed by atoms with Crippen LogP contribution in [0.2, 0.25) is 0 Å². The third-order valence-electron chi connectivity index (χ3n) is 5.13. The number of carbonyl (C=O) groups is 1. The van der Waals surface area contributed by atoms with E-state index >= 15 is 0 Å². The maximum absolute atomic E-state index is 12.8. The molecule has 3 aromatic carbocycles. The van der Waals surface area contributed by atoms with Crippen molar-refractivity contribution < 1.29 is 9.53 Å². The van der Waals surface area contributed by atoms with Gasteiger partial charge in [0, 0.05) is 33.6 Å². The van der Waals surface area contributed by atoms with Crippen LogP contribution < -0.4 is 10.1 Å². The third kappa shape index (κ3) is 3.53. The van der Waals surface area contributed by atoms with Crippen molar-refractivity contribution in [3.8, 4) is 5.75 Å². The predicted octanol–water partition coefficient (Wildman–Crippen LogP) is 5.79. The van der Waals surface area contributed by atoms with Gasteiger partial charge in [-0.3, -0.25) is 4.79 Å². The van der Waals surface area contributed by atoms with Crippen LogP contribution in [0.15, 0.2) is 78.9 Å². The maximum Gasteiger partial charge on any atom is 0.272 e. The molecular weight excluding hydrogens is 374 g/mol. The van der Waals surface area contributed by atoms with Gasteiger partial charge in [0.25, 0.3) is 5.91 Å². The number of hydrogen-bond acceptors (Lipinski definition) is 2. The number of nitrogens with one attached hydrogen (secondary N) is 3. The van der Waals surface area contributed by atoms with Gasteiger partial charge in [-0.2, -0.15) is 0 Å². The molecule has 2 aromatic heterocycles. The number of aromatic nitrogens is 2. The molecule has 0 fully saturated rings. The largest absolute Gasteiger partial charge is 0.489 e. The molecule has 5 nitrogen and oxygen atoms in total. The molecule has 30 heavy (non-hydrogen) atoms. The van der Waals surface area contributed by atoms with Crippen molar-refractivity contribution in [1.29, 1.82) is 0 Å². The fourth-order valence-corrected chi connectivity index (χ4v) is 3.65. The summed E-state index contributed by atoms with van der Waals surface area (Å²) in [7, 11) is 0. The van der Waals surface area contributed by atoms with Crippen LogP contribution in [0.4, 0.5) is 5.69 Å². The smallest absolute Gasteiger partial charge is 0.272 e. The third-order valence-corrected chi connectivity index (χ3v) is 5.13. The van der Waals surface area contributed by atoms with Gasteiger partial charge in [0.05, 0.1) is 5.69 Å². The Kier molecular flexibility index (Phi) is 4.48. The fourth-order valence-electron chi connectivity index (χ4n) is 3.65. The standard InChI is InChI=1S/C25H21N3O2/c1-16-12-20-21(26-16)8-5-9-22(20)28-25(29)24-13-18-10-11-19(14-23(18)27-24)30-15-17-6-3-2-4-7-17/h2-14,26-27H,15H2,1H3,(H,28,29). The predicted molar refractivity (Wildman–Crippen MR) is 120 cm³/mol. The highest BCUT2D eigenvalue weighted by Crippen LogP contribution is 2.26. The van der Waals surface area contributed by atoms with E-state index in [1.165, 1.54) is 0 Å². The molecule has 0 aliphatic rings. The summed E-state index contributed by atoms with van der Waals surface area (Å²) in [6.45, 7) is 2.50. The molecule has 3 N–H and O–H groups in total. The molecule has 0 aliphatic heterocycles. The van der Waals surface area contributed by atoms with Crippen molar-refractivity contribution in [2.24, 2.45) is 0 Å². The topological polar surface area (TPSA) is 69.9 Å². The highest BCUT2D eigenvalue weighted by Gasteiger charge is 2.13. The summed E-state index contributed by atoms with van der Waals surface area (Å²) in [5.74, 6) is 0.581. The van der Waals surface area contributed by atoms with E-state index in [-0.39, 0.29) is 5.91 Å². The second kappa shape index (κ2) is 7.44. The summed E-state index contributed by atoms with van der Waals surface area (Å²) >= 11 is 0. The van der Waals surface area contributed by atoms with Crippen LogP contribution in [0.3, 0.4) is 0 Å². The molecular formula is C25H21N3O2. The number of hydrogen-bond donors (Lipinski definition) is 3. The first-order chi connectivity index (χ1) is 14.7. The lowest BCUT2D eigenvalue weighted by Gasteiger charge is -2.06. The minimum Gasteiger partial charge on any atom is -0.489 e. The van der Waals surface area contributed by atoms with Crippen molar-refractivity contribution in [2.45, 2.75) is 13.5 Å². The van der Waals surface area contributed by atoms with E-state index in [2.05, 4.69) is 15.3 Å². The molecule has 0 spiro atoms. The lowest BCUT2D eigenvalue weighted by atomic mass is 10.2. The Morgan fingerprint density at radius 3 is 2.63 bits per heavy atom. The van der Waals surface area contributed by atoms with E-state index in [9.17, 15) is 4.79 Å². The zero-order chi connectivity index (χ0) is 20.5. The molecule has 0 saturated heterocycles. The number of carbonyl (C=O) groups excluding carboxylic acids is 1. The molecule has 148 valence electrons. The van der Waals surface area contributed by atoms with E-state index in [4.69, 9.17) is 4.74 Å². The highest BCUT2D eigenvalue weighted by molar-refractivity contribution is 6.09. The van der Waals surface area contributed by atoms with Crippen molar-refractivity contribution >= 4 is 33.4 Å². The van der Waals surface area contributed by atoms with Gasteiger partial charge in [-0.05, 0) is 48.9 Å². The molecule has 0 bridgehead atoms. The second-order valence-corrected chi connectivity index (χ2v) is 7.38. The minimum absolute atomic E-state index is 0.177. The zero-order valence-electron chi connectivity index (χ0n) is 16.5. The van der Waals surface area contributed by atoms with Gasteiger partial charge < -0.3 is 20.0 Å². The van der Waals surface area contributed by atoms with Crippen LogP contribution in [0, 0.1) is 6.92 Å². The van der Waals surface area contributed by atoms with Crippen LogP contribution >= 0.6 is 0 Å². The van der Waals surface area contributed by atoms with Gasteiger partial charge in [-0.15, -0.1) is 0 Å². The Hall–Kier alpha value is -3.99. The first-order valence-electron chi connectivity index (χ1n) is 9.85. The lowest BCUT2D eigenvalue weighted by Crippen LogP contribution is -2.12. The first kappa shape index (κ1) is 18.1. The van der Waals surface area contributed by atoms with E-state index in [1.54, 1.807) is 0 Å². The Morgan fingerprint density at radius 2 is 1.77 bits per heavy atom. The average molecular weight is 395 g/mol. The number of rotatable bonds is 5.